The Kier molecular flexibility index (Phi) is 6.99. The Balaban J connectivity index is 2.97. The van der Waals surface area contributed by atoms with Gasteiger partial charge in [0.1, 0.15) is 6.04 Å². The summed E-state index contributed by atoms with van der Waals surface area (Å²) in [5, 5.41) is 12.0. The average molecular weight is 363 g/mol. The number of amides is 1. The first-order chi connectivity index (χ1) is 10.6. The fourth-order valence-electron chi connectivity index (χ4n) is 1.96. The van der Waals surface area contributed by atoms with Gasteiger partial charge in [0.05, 0.1) is 5.75 Å². The van der Waals surface area contributed by atoms with E-state index in [2.05, 4.69) is 5.32 Å². The maximum absolute atomic E-state index is 12.5. The zero-order valence-electron chi connectivity index (χ0n) is 12.8. The number of carbonyl (C=O) groups excluding carboxylic acids is 1. The van der Waals surface area contributed by atoms with Crippen LogP contribution < -0.4 is 5.32 Å². The van der Waals surface area contributed by atoms with Gasteiger partial charge >= 0.3 is 5.97 Å². The quantitative estimate of drug-likeness (QED) is 0.720. The van der Waals surface area contributed by atoms with E-state index in [0.29, 0.717) is 10.6 Å². The van der Waals surface area contributed by atoms with Gasteiger partial charge in [0.25, 0.3) is 0 Å². The van der Waals surface area contributed by atoms with Gasteiger partial charge in [-0.3, -0.25) is 9.59 Å². The lowest BCUT2D eigenvalue weighted by molar-refractivity contribution is -0.140. The first kappa shape index (κ1) is 19.4. The number of nitrogens with one attached hydrogen (secondary N) is 1. The van der Waals surface area contributed by atoms with E-state index in [9.17, 15) is 18.0 Å². The predicted molar refractivity (Wildman–Crippen MR) is 86.6 cm³/mol. The topological polar surface area (TPSA) is 104 Å². The number of halogens is 1. The lowest BCUT2D eigenvalue weighted by Crippen LogP contribution is -2.47. The highest BCUT2D eigenvalue weighted by molar-refractivity contribution is 7.88. The van der Waals surface area contributed by atoms with Gasteiger partial charge in [0.15, 0.2) is 0 Å². The zero-order chi connectivity index (χ0) is 17.6. The number of sulfonamides is 1. The minimum atomic E-state index is -3.89. The first-order valence-corrected chi connectivity index (χ1v) is 8.83. The summed E-state index contributed by atoms with van der Waals surface area (Å²) in [4.78, 5) is 22.1. The number of hydrogen-bond acceptors (Lipinski definition) is 4. The fraction of sp³-hybridized carbons (Fsp3) is 0.429. The van der Waals surface area contributed by atoms with E-state index < -0.39 is 22.0 Å². The first-order valence-electron chi connectivity index (χ1n) is 6.84. The van der Waals surface area contributed by atoms with Crippen LogP contribution in [0.15, 0.2) is 24.3 Å². The molecule has 0 aliphatic heterocycles. The molecule has 128 valence electrons. The fourth-order valence-corrected chi connectivity index (χ4v) is 3.88. The number of hydrogen-bond donors (Lipinski definition) is 2. The van der Waals surface area contributed by atoms with Crippen molar-refractivity contribution in [3.63, 3.8) is 0 Å². The van der Waals surface area contributed by atoms with Gasteiger partial charge in [0.2, 0.25) is 15.9 Å². The number of aliphatic carboxylic acids is 1. The molecule has 1 amide bonds. The molecule has 1 rings (SSSR count). The molecule has 0 fully saturated rings. The summed E-state index contributed by atoms with van der Waals surface area (Å²) in [5.74, 6) is -1.95. The Morgan fingerprint density at radius 2 is 2.04 bits per heavy atom. The standard InChI is InChI=1S/C14H19ClN2O5S/c1-10(14(19)20)17(7-6-16-11(2)18)23(21,22)9-12-4-3-5-13(15)8-12/h3-5,8,10H,6-7,9H2,1-2H3,(H,16,18)(H,19,20). The van der Waals surface area contributed by atoms with Crippen molar-refractivity contribution in [1.82, 2.24) is 9.62 Å². The largest absolute Gasteiger partial charge is 0.480 e. The van der Waals surface area contributed by atoms with Crippen molar-refractivity contribution in [2.24, 2.45) is 0 Å². The molecule has 1 aromatic rings. The highest BCUT2D eigenvalue weighted by atomic mass is 35.5. The summed E-state index contributed by atoms with van der Waals surface area (Å²) in [5.41, 5.74) is 0.458. The molecule has 1 aromatic carbocycles. The molecule has 0 radical (unpaired) electrons. The van der Waals surface area contributed by atoms with E-state index in [1.54, 1.807) is 18.2 Å². The van der Waals surface area contributed by atoms with Crippen molar-refractivity contribution in [3.05, 3.63) is 34.9 Å². The minimum absolute atomic E-state index is 0.0295. The summed E-state index contributed by atoms with van der Waals surface area (Å²) in [6.45, 7) is 2.48. The Morgan fingerprint density at radius 1 is 1.39 bits per heavy atom. The molecule has 0 saturated heterocycles. The van der Waals surface area contributed by atoms with Crippen molar-refractivity contribution in [3.8, 4) is 0 Å². The van der Waals surface area contributed by atoms with Crippen molar-refractivity contribution in [1.29, 1.82) is 0 Å². The Morgan fingerprint density at radius 3 is 2.57 bits per heavy atom. The lowest BCUT2D eigenvalue weighted by Gasteiger charge is -2.25. The second-order valence-corrected chi connectivity index (χ2v) is 7.35. The summed E-state index contributed by atoms with van der Waals surface area (Å²) in [6, 6.07) is 5.10. The molecular formula is C14H19ClN2O5S. The van der Waals surface area contributed by atoms with Crippen LogP contribution in [0.1, 0.15) is 19.4 Å². The molecule has 23 heavy (non-hydrogen) atoms. The van der Waals surface area contributed by atoms with E-state index in [1.807, 2.05) is 0 Å². The van der Waals surface area contributed by atoms with Crippen LogP contribution in [0.3, 0.4) is 0 Å². The molecule has 7 nitrogen and oxygen atoms in total. The van der Waals surface area contributed by atoms with Crippen molar-refractivity contribution in [2.45, 2.75) is 25.6 Å². The number of benzene rings is 1. The average Bonchev–Trinajstić information content (AvgIpc) is 2.41. The SMILES string of the molecule is CC(=O)NCCN(C(C)C(=O)O)S(=O)(=O)Cc1cccc(Cl)c1. The van der Waals surface area contributed by atoms with Crippen molar-refractivity contribution in [2.75, 3.05) is 13.1 Å². The van der Waals surface area contributed by atoms with Gasteiger partial charge in [-0.05, 0) is 24.6 Å². The number of carboxylic acids is 1. The smallest absolute Gasteiger partial charge is 0.321 e. The molecule has 1 atom stereocenters. The molecular weight excluding hydrogens is 344 g/mol. The van der Waals surface area contributed by atoms with Crippen LogP contribution in [-0.4, -0.2) is 48.8 Å². The van der Waals surface area contributed by atoms with Crippen molar-refractivity contribution < 1.29 is 23.1 Å². The molecule has 9 heteroatoms. The number of nitrogens with zero attached hydrogens (tertiary/aromatic N) is 1. The van der Waals surface area contributed by atoms with E-state index in [-0.39, 0.29) is 24.7 Å². The maximum atomic E-state index is 12.5. The van der Waals surface area contributed by atoms with E-state index >= 15 is 0 Å². The molecule has 0 spiro atoms. The van der Waals surface area contributed by atoms with Crippen LogP contribution in [0, 0.1) is 0 Å². The van der Waals surface area contributed by atoms with Crippen LogP contribution in [0.2, 0.25) is 5.02 Å². The summed E-state index contributed by atoms with van der Waals surface area (Å²) in [7, 11) is -3.89. The third kappa shape index (κ3) is 6.17. The van der Waals surface area contributed by atoms with Crippen LogP contribution in [0.25, 0.3) is 0 Å². The predicted octanol–water partition coefficient (Wildman–Crippen LogP) is 1.08. The van der Waals surface area contributed by atoms with Gasteiger partial charge < -0.3 is 10.4 Å². The number of rotatable bonds is 8. The van der Waals surface area contributed by atoms with E-state index in [0.717, 1.165) is 4.31 Å². The Labute approximate surface area is 140 Å². The molecule has 0 aliphatic rings. The lowest BCUT2D eigenvalue weighted by atomic mass is 10.2. The van der Waals surface area contributed by atoms with Gasteiger partial charge in [0, 0.05) is 25.0 Å². The van der Waals surface area contributed by atoms with E-state index in [1.165, 1.54) is 19.9 Å². The molecule has 0 heterocycles. The second kappa shape index (κ2) is 8.28. The molecule has 0 aliphatic carbocycles. The molecule has 2 N–H and O–H groups in total. The number of carboxylic acid groups (broad SMARTS) is 1. The van der Waals surface area contributed by atoms with Crippen LogP contribution in [0.4, 0.5) is 0 Å². The van der Waals surface area contributed by atoms with Gasteiger partial charge in [-0.25, -0.2) is 8.42 Å². The second-order valence-electron chi connectivity index (χ2n) is 4.99. The Bertz CT molecular complexity index is 678. The zero-order valence-corrected chi connectivity index (χ0v) is 14.4. The van der Waals surface area contributed by atoms with Gasteiger partial charge in [-0.1, -0.05) is 23.7 Å². The van der Waals surface area contributed by atoms with Crippen LogP contribution in [-0.2, 0) is 25.4 Å². The summed E-state index contributed by atoms with van der Waals surface area (Å²) in [6.07, 6.45) is 0. The van der Waals surface area contributed by atoms with Gasteiger partial charge in [-0.2, -0.15) is 4.31 Å². The van der Waals surface area contributed by atoms with E-state index in [4.69, 9.17) is 16.7 Å². The Hall–Kier alpha value is -1.64. The highest BCUT2D eigenvalue weighted by Gasteiger charge is 2.31. The summed E-state index contributed by atoms with van der Waals surface area (Å²) < 4.78 is 25.9. The van der Waals surface area contributed by atoms with Gasteiger partial charge in [-0.15, -0.1) is 0 Å². The molecule has 0 saturated carbocycles. The van der Waals surface area contributed by atoms with Crippen molar-refractivity contribution >= 4 is 33.5 Å². The number of carbonyl (C=O) groups is 2. The molecule has 0 bridgehead atoms. The third-order valence-corrected chi connectivity index (χ3v) is 5.24. The summed E-state index contributed by atoms with van der Waals surface area (Å²) >= 11 is 5.83. The monoisotopic (exact) mass is 362 g/mol. The van der Waals surface area contributed by atoms with Crippen LogP contribution in [0.5, 0.6) is 0 Å². The molecule has 1 unspecified atom stereocenters. The normalized spacial score (nSPS) is 12.9. The maximum Gasteiger partial charge on any atom is 0.321 e. The van der Waals surface area contributed by atoms with Crippen LogP contribution >= 0.6 is 11.6 Å². The third-order valence-electron chi connectivity index (χ3n) is 3.09. The minimum Gasteiger partial charge on any atom is -0.480 e. The highest BCUT2D eigenvalue weighted by Crippen LogP contribution is 2.17. The molecule has 0 aromatic heterocycles.